The number of ether oxygens (including phenoxy) is 2. The van der Waals surface area contributed by atoms with Gasteiger partial charge in [0, 0.05) is 12.0 Å². The number of halogens is 1. The van der Waals surface area contributed by atoms with Crippen LogP contribution in [0.15, 0.2) is 23.8 Å². The van der Waals surface area contributed by atoms with Gasteiger partial charge in [0.15, 0.2) is 0 Å². The lowest BCUT2D eigenvalue weighted by atomic mass is 9.74. The first-order chi connectivity index (χ1) is 12.4. The first-order valence-corrected chi connectivity index (χ1v) is 9.70. The first-order valence-electron chi connectivity index (χ1n) is 9.26. The highest BCUT2D eigenvalue weighted by Gasteiger charge is 2.67. The molecule has 2 fully saturated rings. The number of alkyl halides is 1. The number of esters is 2. The van der Waals surface area contributed by atoms with Gasteiger partial charge in [0.05, 0.1) is 28.4 Å². The highest BCUT2D eigenvalue weighted by Crippen LogP contribution is 2.56. The number of carbonyl (C=O) groups excluding carboxylic acids is 2. The summed E-state index contributed by atoms with van der Waals surface area (Å²) in [4.78, 5) is 24.5. The lowest BCUT2D eigenvalue weighted by molar-refractivity contribution is -0.158. The van der Waals surface area contributed by atoms with E-state index in [1.807, 2.05) is 13.8 Å². The Hall–Kier alpha value is -1.37. The van der Waals surface area contributed by atoms with E-state index in [0.29, 0.717) is 5.57 Å². The lowest BCUT2D eigenvalue weighted by Crippen LogP contribution is -2.52. The second-order valence-electron chi connectivity index (χ2n) is 8.62. The fourth-order valence-electron chi connectivity index (χ4n) is 4.70. The normalized spacial score (nSPS) is 43.7. The number of rotatable bonds is 3. The number of aliphatic hydroxyl groups is 2. The fourth-order valence-corrected chi connectivity index (χ4v) is 5.07. The van der Waals surface area contributed by atoms with Gasteiger partial charge in [0.2, 0.25) is 0 Å². The Morgan fingerprint density at radius 2 is 2.11 bits per heavy atom. The van der Waals surface area contributed by atoms with E-state index in [-0.39, 0.29) is 24.3 Å². The van der Waals surface area contributed by atoms with Crippen molar-refractivity contribution in [2.45, 2.75) is 69.3 Å². The van der Waals surface area contributed by atoms with Crippen molar-refractivity contribution in [2.75, 3.05) is 0 Å². The minimum atomic E-state index is -1.48. The van der Waals surface area contributed by atoms with E-state index in [4.69, 9.17) is 21.1 Å². The van der Waals surface area contributed by atoms with E-state index in [9.17, 15) is 19.8 Å². The molecule has 2 N–H and O–H groups in total. The van der Waals surface area contributed by atoms with Gasteiger partial charge in [0.1, 0.15) is 12.2 Å². The van der Waals surface area contributed by atoms with Gasteiger partial charge in [0.25, 0.3) is 0 Å². The minimum absolute atomic E-state index is 0.106. The maximum Gasteiger partial charge on any atom is 0.334 e. The van der Waals surface area contributed by atoms with Crippen molar-refractivity contribution in [1.29, 1.82) is 0 Å². The molecule has 2 aliphatic carbocycles. The quantitative estimate of drug-likeness (QED) is 0.327. The Morgan fingerprint density at radius 1 is 1.48 bits per heavy atom. The molecule has 0 unspecified atom stereocenters. The Bertz CT molecular complexity index is 711. The third kappa shape index (κ3) is 3.12. The largest absolute Gasteiger partial charge is 0.458 e. The van der Waals surface area contributed by atoms with Crippen LogP contribution in [0.3, 0.4) is 0 Å². The van der Waals surface area contributed by atoms with Crippen molar-refractivity contribution in [3.05, 3.63) is 23.8 Å². The zero-order chi connectivity index (χ0) is 20.3. The molecule has 1 saturated carbocycles. The maximum atomic E-state index is 12.3. The van der Waals surface area contributed by atoms with Gasteiger partial charge >= 0.3 is 11.9 Å². The van der Waals surface area contributed by atoms with Crippen LogP contribution in [-0.2, 0) is 19.1 Å². The summed E-state index contributed by atoms with van der Waals surface area (Å²) in [6, 6.07) is 0. The van der Waals surface area contributed by atoms with Crippen LogP contribution in [0.4, 0.5) is 0 Å². The average molecular weight is 399 g/mol. The summed E-state index contributed by atoms with van der Waals surface area (Å²) in [7, 11) is 0. The minimum Gasteiger partial charge on any atom is -0.458 e. The third-order valence-electron chi connectivity index (χ3n) is 6.15. The molecule has 27 heavy (non-hydrogen) atoms. The van der Waals surface area contributed by atoms with E-state index in [1.54, 1.807) is 13.0 Å². The summed E-state index contributed by atoms with van der Waals surface area (Å²) >= 11 is 6.34. The van der Waals surface area contributed by atoms with Crippen molar-refractivity contribution >= 4 is 23.5 Å². The van der Waals surface area contributed by atoms with Crippen molar-refractivity contribution in [3.63, 3.8) is 0 Å². The van der Waals surface area contributed by atoms with E-state index in [0.717, 1.165) is 0 Å². The summed E-state index contributed by atoms with van der Waals surface area (Å²) in [6.45, 7) is 10.9. The summed E-state index contributed by atoms with van der Waals surface area (Å²) in [5.41, 5.74) is -2.24. The smallest absolute Gasteiger partial charge is 0.334 e. The Balaban J connectivity index is 2.06. The summed E-state index contributed by atoms with van der Waals surface area (Å²) in [5, 5.41) is 21.7. The van der Waals surface area contributed by atoms with Crippen LogP contribution >= 0.6 is 11.6 Å². The molecule has 0 bridgehead atoms. The average Bonchev–Trinajstić information content (AvgIpc) is 2.85. The topological polar surface area (TPSA) is 93.1 Å². The van der Waals surface area contributed by atoms with Crippen molar-refractivity contribution in [2.24, 2.45) is 17.8 Å². The monoisotopic (exact) mass is 398 g/mol. The van der Waals surface area contributed by atoms with Crippen LogP contribution in [0.5, 0.6) is 0 Å². The van der Waals surface area contributed by atoms with Crippen LogP contribution in [0.2, 0.25) is 0 Å². The summed E-state index contributed by atoms with van der Waals surface area (Å²) < 4.78 is 11.2. The number of fused-ring (bicyclic) bond motifs is 3. The van der Waals surface area contributed by atoms with Crippen molar-refractivity contribution in [1.82, 2.24) is 0 Å². The predicted molar refractivity (Wildman–Crippen MR) is 98.9 cm³/mol. The highest BCUT2D eigenvalue weighted by atomic mass is 35.5. The predicted octanol–water partition coefficient (Wildman–Crippen LogP) is 2.11. The van der Waals surface area contributed by atoms with Gasteiger partial charge in [-0.15, -0.1) is 11.6 Å². The molecule has 3 aliphatic rings. The zero-order valence-corrected chi connectivity index (χ0v) is 16.8. The molecule has 7 atom stereocenters. The molecule has 7 heteroatoms. The van der Waals surface area contributed by atoms with Crippen LogP contribution in [-0.4, -0.2) is 50.9 Å². The van der Waals surface area contributed by atoms with Crippen molar-refractivity contribution in [3.8, 4) is 0 Å². The molecule has 0 aromatic carbocycles. The van der Waals surface area contributed by atoms with E-state index < -0.39 is 52.6 Å². The molecule has 0 aromatic rings. The molecule has 0 aromatic heterocycles. The van der Waals surface area contributed by atoms with Crippen molar-refractivity contribution < 1.29 is 29.3 Å². The van der Waals surface area contributed by atoms with Crippen LogP contribution in [0.25, 0.3) is 0 Å². The molecule has 0 radical (unpaired) electrons. The van der Waals surface area contributed by atoms with E-state index in [1.165, 1.54) is 6.92 Å². The molecule has 150 valence electrons. The Labute approximate surface area is 164 Å². The van der Waals surface area contributed by atoms with Crippen LogP contribution in [0.1, 0.15) is 40.5 Å². The lowest BCUT2D eigenvalue weighted by Gasteiger charge is -2.39. The molecule has 6 nitrogen and oxygen atoms in total. The fraction of sp³-hybridized carbons (Fsp3) is 0.700. The van der Waals surface area contributed by atoms with E-state index >= 15 is 0 Å². The number of carbonyl (C=O) groups is 2. The molecular weight excluding hydrogens is 372 g/mol. The second kappa shape index (κ2) is 6.61. The SMILES string of the molecule is C=C1C(=O)O[C@H]2[C@H]1[C@@H](OC(=O)CC(C)C)C=C(C)[C@]1(O)C[C@@H](Cl)[C@](C)(O)[C@H]21. The van der Waals surface area contributed by atoms with Gasteiger partial charge in [-0.05, 0) is 37.8 Å². The van der Waals surface area contributed by atoms with Gasteiger partial charge in [-0.3, -0.25) is 4.79 Å². The molecule has 3 rings (SSSR count). The standard InChI is InChI=1S/C20H27ClO6/c1-9(2)6-14(22)26-12-7-10(3)20(25)8-13(21)19(5,24)17(20)16-15(12)11(4)18(23)27-16/h7,9,12-13,15-17,24-25H,4,6,8H2,1-3,5H3/t12-,13+,15+,16-,17-,19-,20+/m0/s1. The summed E-state index contributed by atoms with van der Waals surface area (Å²) in [5.74, 6) is -2.43. The highest BCUT2D eigenvalue weighted by molar-refractivity contribution is 6.21. The number of hydrogen-bond acceptors (Lipinski definition) is 6. The molecular formula is C20H27ClO6. The van der Waals surface area contributed by atoms with Crippen LogP contribution in [0, 0.1) is 17.8 Å². The molecule has 1 aliphatic heterocycles. The second-order valence-corrected chi connectivity index (χ2v) is 9.15. The number of hydrogen-bond donors (Lipinski definition) is 2. The van der Waals surface area contributed by atoms with Crippen LogP contribution < -0.4 is 0 Å². The van der Waals surface area contributed by atoms with Gasteiger partial charge < -0.3 is 19.7 Å². The van der Waals surface area contributed by atoms with Gasteiger partial charge in [-0.25, -0.2) is 4.79 Å². The zero-order valence-electron chi connectivity index (χ0n) is 16.1. The Morgan fingerprint density at radius 3 is 2.70 bits per heavy atom. The molecule has 0 spiro atoms. The third-order valence-corrected chi connectivity index (χ3v) is 6.75. The molecule has 1 saturated heterocycles. The molecule has 1 heterocycles. The molecule has 0 amide bonds. The summed E-state index contributed by atoms with van der Waals surface area (Å²) in [6.07, 6.45) is 0.290. The Kier molecular flexibility index (Phi) is 4.98. The maximum absolute atomic E-state index is 12.3. The van der Waals surface area contributed by atoms with Gasteiger partial charge in [-0.2, -0.15) is 0 Å². The van der Waals surface area contributed by atoms with E-state index in [2.05, 4.69) is 6.58 Å². The first kappa shape index (κ1) is 20.4. The van der Waals surface area contributed by atoms with Gasteiger partial charge in [-0.1, -0.05) is 20.4 Å².